The van der Waals surface area contributed by atoms with Gasteiger partial charge in [0, 0.05) is 24.1 Å². The molecule has 5 aromatic rings. The maximum absolute atomic E-state index is 13.5. The Morgan fingerprint density at radius 1 is 0.970 bits per heavy atom. The standard InChI is InChI=1S/C24H22FN5O3/c1-14-15(2)30-20-21(26-23(30)29(14)18-9-11-19(33-4)12-10-18)27(3)24(32)28(22(20)31)13-16-5-7-17(25)8-6-16/h5-12H,13H2,1-4H3. The van der Waals surface area contributed by atoms with E-state index in [-0.39, 0.29) is 12.4 Å². The molecule has 0 N–H and O–H groups in total. The number of aryl methyl sites for hydroxylation is 2. The first-order chi connectivity index (χ1) is 15.8. The number of rotatable bonds is 4. The number of ether oxygens (including phenoxy) is 1. The first kappa shape index (κ1) is 20.7. The van der Waals surface area contributed by atoms with E-state index >= 15 is 0 Å². The molecule has 2 aromatic carbocycles. The summed E-state index contributed by atoms with van der Waals surface area (Å²) in [6.07, 6.45) is 0. The molecule has 0 atom stereocenters. The summed E-state index contributed by atoms with van der Waals surface area (Å²) in [5.41, 5.74) is 2.97. The van der Waals surface area contributed by atoms with Crippen LogP contribution in [0.1, 0.15) is 17.0 Å². The summed E-state index contributed by atoms with van der Waals surface area (Å²) in [6.45, 7) is 3.91. The lowest BCUT2D eigenvalue weighted by molar-refractivity contribution is 0.414. The molecule has 33 heavy (non-hydrogen) atoms. The average Bonchev–Trinajstić information content (AvgIpc) is 3.32. The van der Waals surface area contributed by atoms with Crippen LogP contribution >= 0.6 is 0 Å². The van der Waals surface area contributed by atoms with Crippen LogP contribution in [0, 0.1) is 19.7 Å². The number of aromatic nitrogens is 5. The Hall–Kier alpha value is -4.14. The highest BCUT2D eigenvalue weighted by Gasteiger charge is 2.23. The summed E-state index contributed by atoms with van der Waals surface area (Å²) in [5, 5.41) is 0. The summed E-state index contributed by atoms with van der Waals surface area (Å²) in [6, 6.07) is 13.3. The summed E-state index contributed by atoms with van der Waals surface area (Å²) < 4.78 is 24.8. The SMILES string of the molecule is COc1ccc(-n2c(C)c(C)n3c4c(=O)n(Cc5ccc(F)cc5)c(=O)n(C)c4nc23)cc1. The third-order valence-electron chi connectivity index (χ3n) is 6.10. The van der Waals surface area contributed by atoms with Gasteiger partial charge in [0.2, 0.25) is 5.78 Å². The van der Waals surface area contributed by atoms with Gasteiger partial charge in [-0.3, -0.25) is 22.9 Å². The number of nitrogens with zero attached hydrogens (tertiary/aromatic N) is 5. The van der Waals surface area contributed by atoms with Gasteiger partial charge >= 0.3 is 5.69 Å². The lowest BCUT2D eigenvalue weighted by Gasteiger charge is -2.09. The van der Waals surface area contributed by atoms with Gasteiger partial charge in [-0.1, -0.05) is 12.1 Å². The largest absolute Gasteiger partial charge is 0.497 e. The van der Waals surface area contributed by atoms with Gasteiger partial charge < -0.3 is 4.74 Å². The number of fused-ring (bicyclic) bond motifs is 3. The van der Waals surface area contributed by atoms with Crippen molar-refractivity contribution in [3.63, 3.8) is 0 Å². The molecule has 0 radical (unpaired) electrons. The van der Waals surface area contributed by atoms with E-state index in [0.29, 0.717) is 22.5 Å². The molecule has 0 aliphatic carbocycles. The molecule has 8 nitrogen and oxygen atoms in total. The molecule has 0 saturated carbocycles. The monoisotopic (exact) mass is 447 g/mol. The van der Waals surface area contributed by atoms with Gasteiger partial charge in [0.15, 0.2) is 11.2 Å². The van der Waals surface area contributed by atoms with Crippen LogP contribution in [0.25, 0.3) is 22.6 Å². The minimum Gasteiger partial charge on any atom is -0.497 e. The fourth-order valence-corrected chi connectivity index (χ4v) is 4.20. The Morgan fingerprint density at radius 3 is 2.27 bits per heavy atom. The molecule has 0 spiro atoms. The molecule has 0 bridgehead atoms. The predicted octanol–water partition coefficient (Wildman–Crippen LogP) is 2.95. The molecule has 168 valence electrons. The van der Waals surface area contributed by atoms with Crippen LogP contribution in [0.4, 0.5) is 4.39 Å². The van der Waals surface area contributed by atoms with Crippen LogP contribution in [-0.2, 0) is 13.6 Å². The van der Waals surface area contributed by atoms with Crippen LogP contribution in [0.3, 0.4) is 0 Å². The van der Waals surface area contributed by atoms with Crippen molar-refractivity contribution in [3.8, 4) is 11.4 Å². The second-order valence-corrected chi connectivity index (χ2v) is 7.98. The summed E-state index contributed by atoms with van der Waals surface area (Å²) in [4.78, 5) is 31.3. The first-order valence-corrected chi connectivity index (χ1v) is 10.4. The Morgan fingerprint density at radius 2 is 1.64 bits per heavy atom. The van der Waals surface area contributed by atoms with Gasteiger partial charge in [0.25, 0.3) is 5.56 Å². The minimum atomic E-state index is -0.483. The van der Waals surface area contributed by atoms with Gasteiger partial charge in [0.1, 0.15) is 11.6 Å². The van der Waals surface area contributed by atoms with E-state index in [1.807, 2.05) is 42.7 Å². The number of halogens is 1. The summed E-state index contributed by atoms with van der Waals surface area (Å²) in [7, 11) is 3.20. The molecular formula is C24H22FN5O3. The topological polar surface area (TPSA) is 75.5 Å². The molecule has 0 unspecified atom stereocenters. The zero-order valence-corrected chi connectivity index (χ0v) is 18.7. The van der Waals surface area contributed by atoms with Crippen molar-refractivity contribution in [1.29, 1.82) is 0 Å². The molecule has 3 aromatic heterocycles. The summed E-state index contributed by atoms with van der Waals surface area (Å²) in [5.74, 6) is 0.894. The Labute approximate surface area is 187 Å². The Bertz CT molecular complexity index is 1640. The van der Waals surface area contributed by atoms with Crippen molar-refractivity contribution < 1.29 is 9.13 Å². The predicted molar refractivity (Wildman–Crippen MR) is 123 cm³/mol. The van der Waals surface area contributed by atoms with E-state index in [9.17, 15) is 14.0 Å². The Balaban J connectivity index is 1.79. The van der Waals surface area contributed by atoms with Gasteiger partial charge in [0.05, 0.1) is 13.7 Å². The van der Waals surface area contributed by atoms with Gasteiger partial charge in [-0.25, -0.2) is 9.18 Å². The molecule has 0 saturated heterocycles. The van der Waals surface area contributed by atoms with Crippen LogP contribution in [0.15, 0.2) is 58.1 Å². The van der Waals surface area contributed by atoms with E-state index in [0.717, 1.165) is 27.4 Å². The molecule has 0 aliphatic rings. The van der Waals surface area contributed by atoms with Crippen LogP contribution in [0.2, 0.25) is 0 Å². The number of imidazole rings is 2. The third-order valence-corrected chi connectivity index (χ3v) is 6.10. The zero-order chi connectivity index (χ0) is 23.4. The van der Waals surface area contributed by atoms with Crippen molar-refractivity contribution >= 4 is 16.9 Å². The van der Waals surface area contributed by atoms with Crippen molar-refractivity contribution in [2.75, 3.05) is 7.11 Å². The third kappa shape index (κ3) is 3.07. The Kier molecular flexibility index (Phi) is 4.70. The molecule has 0 aliphatic heterocycles. The van der Waals surface area contributed by atoms with Crippen molar-refractivity contribution in [1.82, 2.24) is 23.1 Å². The molecular weight excluding hydrogens is 425 g/mol. The second kappa shape index (κ2) is 7.47. The normalized spacial score (nSPS) is 11.5. The zero-order valence-electron chi connectivity index (χ0n) is 18.7. The molecule has 0 fully saturated rings. The number of hydrogen-bond acceptors (Lipinski definition) is 4. The second-order valence-electron chi connectivity index (χ2n) is 7.98. The van der Waals surface area contributed by atoms with E-state index in [2.05, 4.69) is 0 Å². The number of methoxy groups -OCH3 is 1. The van der Waals surface area contributed by atoms with E-state index in [1.54, 1.807) is 30.7 Å². The first-order valence-electron chi connectivity index (χ1n) is 10.4. The highest BCUT2D eigenvalue weighted by molar-refractivity contribution is 5.77. The van der Waals surface area contributed by atoms with Crippen LogP contribution in [-0.4, -0.2) is 30.2 Å². The van der Waals surface area contributed by atoms with E-state index < -0.39 is 11.2 Å². The van der Waals surface area contributed by atoms with E-state index in [4.69, 9.17) is 9.72 Å². The number of benzene rings is 2. The van der Waals surface area contributed by atoms with Crippen LogP contribution in [0.5, 0.6) is 5.75 Å². The van der Waals surface area contributed by atoms with E-state index in [1.165, 1.54) is 16.7 Å². The highest BCUT2D eigenvalue weighted by Crippen LogP contribution is 2.25. The fraction of sp³-hybridized carbons (Fsp3) is 0.208. The van der Waals surface area contributed by atoms with Crippen molar-refractivity contribution in [3.05, 3.63) is 92.1 Å². The van der Waals surface area contributed by atoms with Crippen LogP contribution < -0.4 is 16.0 Å². The minimum absolute atomic E-state index is 0.0339. The smallest absolute Gasteiger partial charge is 0.332 e. The van der Waals surface area contributed by atoms with Crippen molar-refractivity contribution in [2.24, 2.45) is 7.05 Å². The lowest BCUT2D eigenvalue weighted by Crippen LogP contribution is -2.39. The molecule has 3 heterocycles. The number of hydrogen-bond donors (Lipinski definition) is 0. The molecule has 5 rings (SSSR count). The quantitative estimate of drug-likeness (QED) is 0.425. The summed E-state index contributed by atoms with van der Waals surface area (Å²) >= 11 is 0. The highest BCUT2D eigenvalue weighted by atomic mass is 19.1. The maximum atomic E-state index is 13.5. The maximum Gasteiger partial charge on any atom is 0.332 e. The molecule has 0 amide bonds. The average molecular weight is 447 g/mol. The van der Waals surface area contributed by atoms with Gasteiger partial charge in [-0.05, 0) is 55.8 Å². The van der Waals surface area contributed by atoms with Crippen molar-refractivity contribution in [2.45, 2.75) is 20.4 Å². The van der Waals surface area contributed by atoms with Gasteiger partial charge in [-0.2, -0.15) is 4.98 Å². The van der Waals surface area contributed by atoms with Gasteiger partial charge in [-0.15, -0.1) is 0 Å². The lowest BCUT2D eigenvalue weighted by atomic mass is 10.2. The molecule has 9 heteroatoms. The fourth-order valence-electron chi connectivity index (χ4n) is 4.20.